The van der Waals surface area contributed by atoms with Gasteiger partial charge in [0.05, 0.1) is 12.6 Å². The Bertz CT molecular complexity index is 902. The van der Waals surface area contributed by atoms with Gasteiger partial charge in [-0.1, -0.05) is 18.2 Å². The largest absolute Gasteiger partial charge is 0.494 e. The maximum absolute atomic E-state index is 14.5. The summed E-state index contributed by atoms with van der Waals surface area (Å²) in [6.45, 7) is 3.76. The zero-order valence-electron chi connectivity index (χ0n) is 13.7. The molecule has 0 fully saturated rings. The third-order valence-corrected chi connectivity index (χ3v) is 3.69. The highest BCUT2D eigenvalue weighted by Gasteiger charge is 2.17. The van der Waals surface area contributed by atoms with Crippen LogP contribution in [0, 0.1) is 5.82 Å². The van der Waals surface area contributed by atoms with Crippen LogP contribution < -0.4 is 10.1 Å². The number of hydrogen-bond donors (Lipinski definition) is 2. The fraction of sp³-hybridized carbons (Fsp3) is 0.222. The summed E-state index contributed by atoms with van der Waals surface area (Å²) in [6.07, 6.45) is 0. The lowest BCUT2D eigenvalue weighted by Gasteiger charge is -2.08. The number of amides is 1. The van der Waals surface area contributed by atoms with E-state index in [1.807, 2.05) is 13.8 Å². The molecule has 1 amide bonds. The van der Waals surface area contributed by atoms with Crippen molar-refractivity contribution in [2.75, 3.05) is 7.11 Å². The van der Waals surface area contributed by atoms with Crippen LogP contribution in [0.3, 0.4) is 0 Å². The highest BCUT2D eigenvalue weighted by molar-refractivity contribution is 6.05. The molecule has 0 saturated heterocycles. The molecule has 2 N–H and O–H groups in total. The second-order valence-corrected chi connectivity index (χ2v) is 5.78. The Hall–Kier alpha value is -2.89. The number of benzene rings is 2. The molecule has 0 aliphatic heterocycles. The molecular formula is C18H18FN3O2. The molecule has 0 aliphatic carbocycles. The number of aromatic amines is 1. The van der Waals surface area contributed by atoms with Gasteiger partial charge in [-0.15, -0.1) is 0 Å². The first-order valence-corrected chi connectivity index (χ1v) is 7.63. The SMILES string of the molecule is COc1cccc(-c2ccc3[nH]nc(C(=O)NC(C)C)c3c2)c1F. The predicted molar refractivity (Wildman–Crippen MR) is 90.6 cm³/mol. The molecule has 0 radical (unpaired) electrons. The molecule has 6 heteroatoms. The molecule has 0 bridgehead atoms. The number of fused-ring (bicyclic) bond motifs is 1. The number of carbonyl (C=O) groups excluding carboxylic acids is 1. The Labute approximate surface area is 138 Å². The lowest BCUT2D eigenvalue weighted by atomic mass is 10.0. The first-order valence-electron chi connectivity index (χ1n) is 7.63. The summed E-state index contributed by atoms with van der Waals surface area (Å²) < 4.78 is 19.5. The van der Waals surface area contributed by atoms with Crippen LogP contribution in [0.1, 0.15) is 24.3 Å². The summed E-state index contributed by atoms with van der Waals surface area (Å²) in [5, 5.41) is 10.4. The number of ether oxygens (including phenoxy) is 1. The van der Waals surface area contributed by atoms with Crippen molar-refractivity contribution in [3.63, 3.8) is 0 Å². The van der Waals surface area contributed by atoms with E-state index in [2.05, 4.69) is 15.5 Å². The van der Waals surface area contributed by atoms with Crippen LogP contribution in [0.4, 0.5) is 4.39 Å². The number of hydrogen-bond acceptors (Lipinski definition) is 3. The summed E-state index contributed by atoms with van der Waals surface area (Å²) >= 11 is 0. The van der Waals surface area contributed by atoms with E-state index in [1.165, 1.54) is 7.11 Å². The van der Waals surface area contributed by atoms with E-state index < -0.39 is 5.82 Å². The molecule has 5 nitrogen and oxygen atoms in total. The summed E-state index contributed by atoms with van der Waals surface area (Å²) in [6, 6.07) is 10.3. The van der Waals surface area contributed by atoms with Gasteiger partial charge >= 0.3 is 0 Å². The average Bonchev–Trinajstić information content (AvgIpc) is 2.97. The van der Waals surface area contributed by atoms with E-state index in [9.17, 15) is 9.18 Å². The zero-order chi connectivity index (χ0) is 17.3. The highest BCUT2D eigenvalue weighted by Crippen LogP contribution is 2.31. The second kappa shape index (κ2) is 6.31. The van der Waals surface area contributed by atoms with E-state index in [-0.39, 0.29) is 17.7 Å². The van der Waals surface area contributed by atoms with Crippen LogP contribution in [0.15, 0.2) is 36.4 Å². The summed E-state index contributed by atoms with van der Waals surface area (Å²) in [5.74, 6) is -0.520. The van der Waals surface area contributed by atoms with Gasteiger partial charge in [0.1, 0.15) is 0 Å². The minimum absolute atomic E-state index is 0.00302. The van der Waals surface area contributed by atoms with Crippen molar-refractivity contribution in [1.29, 1.82) is 0 Å². The van der Waals surface area contributed by atoms with Crippen LogP contribution in [-0.2, 0) is 0 Å². The van der Waals surface area contributed by atoms with E-state index >= 15 is 0 Å². The molecule has 24 heavy (non-hydrogen) atoms. The van der Waals surface area contributed by atoms with Gasteiger partial charge in [0.15, 0.2) is 17.3 Å². The van der Waals surface area contributed by atoms with Gasteiger partial charge in [0.2, 0.25) is 0 Å². The Morgan fingerprint density at radius 2 is 2.08 bits per heavy atom. The molecule has 0 unspecified atom stereocenters. The van der Waals surface area contributed by atoms with Gasteiger partial charge in [0.25, 0.3) is 5.91 Å². The summed E-state index contributed by atoms with van der Waals surface area (Å²) in [5.41, 5.74) is 2.08. The molecule has 1 aromatic heterocycles. The Kier molecular flexibility index (Phi) is 4.20. The normalized spacial score (nSPS) is 11.0. The van der Waals surface area contributed by atoms with Crippen molar-refractivity contribution >= 4 is 16.8 Å². The minimum Gasteiger partial charge on any atom is -0.494 e. The number of rotatable bonds is 4. The Morgan fingerprint density at radius 1 is 1.29 bits per heavy atom. The molecule has 3 rings (SSSR count). The van der Waals surface area contributed by atoms with E-state index in [4.69, 9.17) is 4.74 Å². The van der Waals surface area contributed by atoms with E-state index in [0.717, 1.165) is 5.52 Å². The lowest BCUT2D eigenvalue weighted by Crippen LogP contribution is -2.30. The number of H-pyrrole nitrogens is 1. The minimum atomic E-state index is -0.434. The maximum Gasteiger partial charge on any atom is 0.272 e. The topological polar surface area (TPSA) is 67.0 Å². The van der Waals surface area contributed by atoms with Crippen LogP contribution in [0.5, 0.6) is 5.75 Å². The monoisotopic (exact) mass is 327 g/mol. The molecule has 0 aliphatic rings. The van der Waals surface area contributed by atoms with E-state index in [0.29, 0.717) is 22.2 Å². The Balaban J connectivity index is 2.10. The number of nitrogens with one attached hydrogen (secondary N) is 2. The number of aromatic nitrogens is 2. The number of methoxy groups -OCH3 is 1. The third kappa shape index (κ3) is 2.82. The maximum atomic E-state index is 14.5. The highest BCUT2D eigenvalue weighted by atomic mass is 19.1. The number of nitrogens with zero attached hydrogens (tertiary/aromatic N) is 1. The molecule has 1 heterocycles. The first kappa shape index (κ1) is 16.0. The van der Waals surface area contributed by atoms with Crippen molar-refractivity contribution in [2.45, 2.75) is 19.9 Å². The van der Waals surface area contributed by atoms with Gasteiger partial charge in [-0.25, -0.2) is 4.39 Å². The molecular weight excluding hydrogens is 309 g/mol. The molecule has 0 atom stereocenters. The van der Waals surface area contributed by atoms with Gasteiger partial charge in [-0.2, -0.15) is 5.10 Å². The van der Waals surface area contributed by atoms with Gasteiger partial charge < -0.3 is 10.1 Å². The van der Waals surface area contributed by atoms with Crippen molar-refractivity contribution in [2.24, 2.45) is 0 Å². The van der Waals surface area contributed by atoms with Gasteiger partial charge in [-0.05, 0) is 37.6 Å². The summed E-state index contributed by atoms with van der Waals surface area (Å²) in [7, 11) is 1.43. The Morgan fingerprint density at radius 3 is 2.79 bits per heavy atom. The molecule has 2 aromatic carbocycles. The van der Waals surface area contributed by atoms with Crippen LogP contribution in [0.25, 0.3) is 22.0 Å². The summed E-state index contributed by atoms with van der Waals surface area (Å²) in [4.78, 5) is 12.3. The van der Waals surface area contributed by atoms with Crippen LogP contribution >= 0.6 is 0 Å². The molecule has 0 spiro atoms. The molecule has 3 aromatic rings. The molecule has 124 valence electrons. The van der Waals surface area contributed by atoms with Crippen molar-refractivity contribution in [3.8, 4) is 16.9 Å². The smallest absolute Gasteiger partial charge is 0.272 e. The second-order valence-electron chi connectivity index (χ2n) is 5.78. The molecule has 0 saturated carbocycles. The lowest BCUT2D eigenvalue weighted by molar-refractivity contribution is 0.0939. The number of halogens is 1. The van der Waals surface area contributed by atoms with Crippen molar-refractivity contribution in [1.82, 2.24) is 15.5 Å². The standard InChI is InChI=1S/C18H18FN3O2/c1-10(2)20-18(23)17-13-9-11(7-8-14(13)21-22-17)12-5-4-6-15(24-3)16(12)19/h4-10H,1-3H3,(H,20,23)(H,21,22). The van der Waals surface area contributed by atoms with Crippen LogP contribution in [-0.4, -0.2) is 29.3 Å². The average molecular weight is 327 g/mol. The number of carbonyl (C=O) groups is 1. The third-order valence-electron chi connectivity index (χ3n) is 3.69. The van der Waals surface area contributed by atoms with Crippen LogP contribution in [0.2, 0.25) is 0 Å². The predicted octanol–water partition coefficient (Wildman–Crippen LogP) is 3.52. The zero-order valence-corrected chi connectivity index (χ0v) is 13.7. The van der Waals surface area contributed by atoms with Gasteiger partial charge in [0, 0.05) is 17.0 Å². The fourth-order valence-corrected chi connectivity index (χ4v) is 2.58. The van der Waals surface area contributed by atoms with E-state index in [1.54, 1.807) is 36.4 Å². The van der Waals surface area contributed by atoms with Crippen molar-refractivity contribution < 1.29 is 13.9 Å². The fourth-order valence-electron chi connectivity index (χ4n) is 2.58. The van der Waals surface area contributed by atoms with Crippen molar-refractivity contribution in [3.05, 3.63) is 47.9 Å². The van der Waals surface area contributed by atoms with Gasteiger partial charge in [-0.3, -0.25) is 9.89 Å². The first-order chi connectivity index (χ1) is 11.5. The quantitative estimate of drug-likeness (QED) is 0.770.